The van der Waals surface area contributed by atoms with Crippen molar-refractivity contribution in [1.82, 2.24) is 0 Å². The molecule has 0 atom stereocenters. The van der Waals surface area contributed by atoms with Gasteiger partial charge in [-0.15, -0.1) is 0 Å². The Balaban J connectivity index is 2.17. The zero-order valence-corrected chi connectivity index (χ0v) is 13.2. The van der Waals surface area contributed by atoms with E-state index in [0.29, 0.717) is 0 Å². The molecule has 0 heterocycles. The van der Waals surface area contributed by atoms with Crippen LogP contribution in [0.5, 0.6) is 0 Å². The Labute approximate surface area is 134 Å². The number of para-hydroxylation sites is 3. The van der Waals surface area contributed by atoms with E-state index in [1.54, 1.807) is 0 Å². The minimum Gasteiger partial charge on any atom is -0.310 e. The number of hydrogen-bond acceptors (Lipinski definition) is 1. The highest BCUT2D eigenvalue weighted by Gasteiger charge is 2.14. The van der Waals surface area contributed by atoms with Crippen molar-refractivity contribution < 1.29 is 0 Å². The van der Waals surface area contributed by atoms with Gasteiger partial charge in [-0.2, -0.15) is 0 Å². The van der Waals surface area contributed by atoms with Crippen LogP contribution in [-0.4, -0.2) is 0 Å². The van der Waals surface area contributed by atoms with Crippen molar-refractivity contribution in [2.24, 2.45) is 0 Å². The van der Waals surface area contributed by atoms with Gasteiger partial charge in [0.25, 0.3) is 0 Å². The predicted molar refractivity (Wildman–Crippen MR) is 93.8 cm³/mol. The fourth-order valence-electron chi connectivity index (χ4n) is 2.42. The molecular formula is C19H16BrN. The van der Waals surface area contributed by atoms with Crippen LogP contribution in [0.1, 0.15) is 5.56 Å². The largest absolute Gasteiger partial charge is 0.310 e. The summed E-state index contributed by atoms with van der Waals surface area (Å²) in [6, 6.07) is 29.4. The summed E-state index contributed by atoms with van der Waals surface area (Å²) in [5, 5.41) is 0.833. The molecule has 1 nitrogen and oxygen atoms in total. The van der Waals surface area contributed by atoms with Crippen molar-refractivity contribution >= 4 is 33.0 Å². The van der Waals surface area contributed by atoms with E-state index in [2.05, 4.69) is 93.6 Å². The lowest BCUT2D eigenvalue weighted by molar-refractivity contribution is 1.24. The average Bonchev–Trinajstić information content (AvgIpc) is 2.58. The molecule has 3 aromatic carbocycles. The molecule has 0 N–H and O–H groups in total. The lowest BCUT2D eigenvalue weighted by atomic mass is 10.1. The number of rotatable bonds is 4. The van der Waals surface area contributed by atoms with Crippen molar-refractivity contribution in [2.45, 2.75) is 5.33 Å². The molecule has 0 bridgehead atoms. The van der Waals surface area contributed by atoms with E-state index in [1.165, 1.54) is 11.3 Å². The standard InChI is InChI=1S/C19H16BrN/c20-15-16-9-7-8-14-19(16)21(17-10-3-1-4-11-17)18-12-5-2-6-13-18/h1-14H,15H2. The molecule has 3 aromatic rings. The Morgan fingerprint density at radius 2 is 1.10 bits per heavy atom. The van der Waals surface area contributed by atoms with Crippen molar-refractivity contribution in [3.05, 3.63) is 90.5 Å². The van der Waals surface area contributed by atoms with Crippen LogP contribution in [0.4, 0.5) is 17.1 Å². The first-order valence-electron chi connectivity index (χ1n) is 6.94. The van der Waals surface area contributed by atoms with Gasteiger partial charge in [0.15, 0.2) is 0 Å². The van der Waals surface area contributed by atoms with E-state index < -0.39 is 0 Å². The van der Waals surface area contributed by atoms with Gasteiger partial charge in [-0.1, -0.05) is 70.5 Å². The SMILES string of the molecule is BrCc1ccccc1N(c1ccccc1)c1ccccc1. The molecule has 0 radical (unpaired) electrons. The second kappa shape index (κ2) is 6.59. The van der Waals surface area contributed by atoms with E-state index in [1.807, 2.05) is 12.1 Å². The number of benzene rings is 3. The van der Waals surface area contributed by atoms with Crippen LogP contribution in [0.15, 0.2) is 84.9 Å². The number of hydrogen-bond donors (Lipinski definition) is 0. The number of anilines is 3. The van der Waals surface area contributed by atoms with Gasteiger partial charge >= 0.3 is 0 Å². The number of halogens is 1. The first-order chi connectivity index (χ1) is 10.4. The highest BCUT2D eigenvalue weighted by Crippen LogP contribution is 2.36. The van der Waals surface area contributed by atoms with Gasteiger partial charge in [0.1, 0.15) is 0 Å². The van der Waals surface area contributed by atoms with E-state index in [4.69, 9.17) is 0 Å². The highest BCUT2D eigenvalue weighted by atomic mass is 79.9. The molecule has 0 spiro atoms. The summed E-state index contributed by atoms with van der Waals surface area (Å²) in [5.74, 6) is 0. The highest BCUT2D eigenvalue weighted by molar-refractivity contribution is 9.08. The summed E-state index contributed by atoms with van der Waals surface area (Å²) in [6.07, 6.45) is 0. The van der Waals surface area contributed by atoms with Crippen LogP contribution in [-0.2, 0) is 5.33 Å². The molecule has 0 unspecified atom stereocenters. The minimum absolute atomic E-state index is 0.833. The topological polar surface area (TPSA) is 3.24 Å². The molecule has 0 amide bonds. The zero-order chi connectivity index (χ0) is 14.5. The second-order valence-corrected chi connectivity index (χ2v) is 5.33. The van der Waals surface area contributed by atoms with Crippen LogP contribution in [0.2, 0.25) is 0 Å². The molecule has 0 aliphatic heterocycles. The van der Waals surface area contributed by atoms with Gasteiger partial charge in [-0.25, -0.2) is 0 Å². The Kier molecular flexibility index (Phi) is 4.37. The van der Waals surface area contributed by atoms with E-state index in [-0.39, 0.29) is 0 Å². The Morgan fingerprint density at radius 3 is 1.62 bits per heavy atom. The Hall–Kier alpha value is -2.06. The summed E-state index contributed by atoms with van der Waals surface area (Å²) >= 11 is 3.60. The van der Waals surface area contributed by atoms with Crippen molar-refractivity contribution in [2.75, 3.05) is 4.90 Å². The monoisotopic (exact) mass is 337 g/mol. The van der Waals surface area contributed by atoms with Gasteiger partial charge in [-0.3, -0.25) is 0 Å². The fraction of sp³-hybridized carbons (Fsp3) is 0.0526. The van der Waals surface area contributed by atoms with E-state index in [0.717, 1.165) is 16.7 Å². The third kappa shape index (κ3) is 3.01. The van der Waals surface area contributed by atoms with Crippen molar-refractivity contribution in [1.29, 1.82) is 0 Å². The molecule has 0 saturated heterocycles. The normalized spacial score (nSPS) is 10.3. The average molecular weight is 338 g/mol. The quantitative estimate of drug-likeness (QED) is 0.523. The maximum Gasteiger partial charge on any atom is 0.0502 e. The van der Waals surface area contributed by atoms with Crippen LogP contribution in [0, 0.1) is 0 Å². The lowest BCUT2D eigenvalue weighted by Gasteiger charge is -2.27. The van der Waals surface area contributed by atoms with Gasteiger partial charge in [0.2, 0.25) is 0 Å². The predicted octanol–water partition coefficient (Wildman–Crippen LogP) is 6.05. The minimum atomic E-state index is 0.833. The van der Waals surface area contributed by atoms with Gasteiger partial charge < -0.3 is 4.90 Å². The third-order valence-corrected chi connectivity index (χ3v) is 4.01. The van der Waals surface area contributed by atoms with Gasteiger partial charge in [0.05, 0.1) is 5.69 Å². The fourth-order valence-corrected chi connectivity index (χ4v) is 2.90. The van der Waals surface area contributed by atoms with Crippen LogP contribution in [0.25, 0.3) is 0 Å². The smallest absolute Gasteiger partial charge is 0.0502 e. The second-order valence-electron chi connectivity index (χ2n) is 4.77. The summed E-state index contributed by atoms with van der Waals surface area (Å²) in [6.45, 7) is 0. The molecule has 2 heteroatoms. The van der Waals surface area contributed by atoms with Crippen LogP contribution in [0.3, 0.4) is 0 Å². The molecule has 0 saturated carbocycles. The first-order valence-corrected chi connectivity index (χ1v) is 8.06. The van der Waals surface area contributed by atoms with E-state index in [9.17, 15) is 0 Å². The summed E-state index contributed by atoms with van der Waals surface area (Å²) in [4.78, 5) is 2.29. The summed E-state index contributed by atoms with van der Waals surface area (Å²) < 4.78 is 0. The number of nitrogens with zero attached hydrogens (tertiary/aromatic N) is 1. The van der Waals surface area contributed by atoms with Gasteiger partial charge in [-0.05, 0) is 35.9 Å². The molecule has 0 aliphatic carbocycles. The molecule has 0 fully saturated rings. The van der Waals surface area contributed by atoms with Gasteiger partial charge in [0, 0.05) is 16.7 Å². The maximum absolute atomic E-state index is 3.60. The van der Waals surface area contributed by atoms with E-state index >= 15 is 0 Å². The molecule has 3 rings (SSSR count). The Bertz CT molecular complexity index is 656. The van der Waals surface area contributed by atoms with Crippen LogP contribution < -0.4 is 4.90 Å². The van der Waals surface area contributed by atoms with Crippen LogP contribution >= 0.6 is 15.9 Å². The first kappa shape index (κ1) is 13.9. The summed E-state index contributed by atoms with van der Waals surface area (Å²) in [7, 11) is 0. The summed E-state index contributed by atoms with van der Waals surface area (Å²) in [5.41, 5.74) is 4.80. The molecule has 21 heavy (non-hydrogen) atoms. The molecular weight excluding hydrogens is 322 g/mol. The van der Waals surface area contributed by atoms with Crippen molar-refractivity contribution in [3.8, 4) is 0 Å². The molecule has 0 aliphatic rings. The molecule has 0 aromatic heterocycles. The maximum atomic E-state index is 3.60. The Morgan fingerprint density at radius 1 is 0.619 bits per heavy atom. The third-order valence-electron chi connectivity index (χ3n) is 3.41. The molecule has 104 valence electrons. The van der Waals surface area contributed by atoms with Crippen molar-refractivity contribution in [3.63, 3.8) is 0 Å². The lowest BCUT2D eigenvalue weighted by Crippen LogP contribution is -2.11. The number of alkyl halides is 1. The zero-order valence-electron chi connectivity index (χ0n) is 11.6.